The predicted octanol–water partition coefficient (Wildman–Crippen LogP) is 13.0. The Hall–Kier alpha value is -6.10. The van der Waals surface area contributed by atoms with Gasteiger partial charge in [0, 0.05) is 43.5 Å². The number of rotatable bonds is 23. The van der Waals surface area contributed by atoms with E-state index in [4.69, 9.17) is 14.5 Å². The molecule has 3 amide bonds. The Morgan fingerprint density at radius 1 is 0.575 bits per heavy atom. The van der Waals surface area contributed by atoms with Crippen molar-refractivity contribution in [2.24, 2.45) is 5.92 Å². The van der Waals surface area contributed by atoms with Crippen LogP contribution < -0.4 is 16.0 Å². The van der Waals surface area contributed by atoms with E-state index in [2.05, 4.69) is 134 Å². The van der Waals surface area contributed by atoms with Crippen molar-refractivity contribution in [3.8, 4) is 0 Å². The van der Waals surface area contributed by atoms with E-state index in [-0.39, 0.29) is 78.1 Å². The van der Waals surface area contributed by atoms with Gasteiger partial charge in [-0.05, 0) is 148 Å². The Balaban J connectivity index is 1.03. The number of allylic oxidation sites excluding steroid dienone is 2. The Bertz CT molecular complexity index is 2670. The first-order chi connectivity index (χ1) is 34.6. The third kappa shape index (κ3) is 15.5. The lowest BCUT2D eigenvalue weighted by atomic mass is 9.63. The lowest BCUT2D eigenvalue weighted by Gasteiger charge is -2.42. The molecule has 2 aliphatic carbocycles. The quantitative estimate of drug-likeness (QED) is 0.0128. The lowest BCUT2D eigenvalue weighted by molar-refractivity contribution is -0.255. The van der Waals surface area contributed by atoms with Gasteiger partial charge < -0.3 is 25.6 Å². The molecule has 0 saturated heterocycles. The van der Waals surface area contributed by atoms with E-state index >= 15 is 0 Å². The van der Waals surface area contributed by atoms with Crippen molar-refractivity contribution in [1.82, 2.24) is 16.0 Å². The van der Waals surface area contributed by atoms with Crippen LogP contribution in [0.3, 0.4) is 0 Å². The van der Waals surface area contributed by atoms with Crippen LogP contribution in [0.1, 0.15) is 193 Å². The second-order valence-electron chi connectivity index (χ2n) is 22.9. The number of benzene rings is 4. The summed E-state index contributed by atoms with van der Waals surface area (Å²) in [6, 6.07) is 29.1. The van der Waals surface area contributed by atoms with E-state index in [0.717, 1.165) is 23.1 Å². The van der Waals surface area contributed by atoms with Gasteiger partial charge >= 0.3 is 0 Å². The summed E-state index contributed by atoms with van der Waals surface area (Å²) in [5.41, 5.74) is 14.2. The van der Waals surface area contributed by atoms with Gasteiger partial charge in [0.15, 0.2) is 5.78 Å². The molecule has 0 fully saturated rings. The van der Waals surface area contributed by atoms with Crippen LogP contribution in [-0.2, 0) is 45.8 Å². The van der Waals surface area contributed by atoms with Crippen LogP contribution >= 0.6 is 0 Å². The summed E-state index contributed by atoms with van der Waals surface area (Å²) in [7, 11) is 0. The third-order valence-corrected chi connectivity index (χ3v) is 15.2. The molecule has 4 aromatic carbocycles. The average molecular weight is 992 g/mol. The molecule has 0 unspecified atom stereocenters. The Kier molecular flexibility index (Phi) is 19.1. The summed E-state index contributed by atoms with van der Waals surface area (Å²) in [6.45, 7) is 25.5. The number of unbranched alkanes of at least 4 members (excludes halogenated alkanes) is 1. The Labute approximate surface area is 435 Å². The van der Waals surface area contributed by atoms with Gasteiger partial charge in [-0.1, -0.05) is 147 Å². The van der Waals surface area contributed by atoms with E-state index in [0.29, 0.717) is 36.9 Å². The number of hydrogen-bond donors (Lipinski definition) is 3. The second kappa shape index (κ2) is 24.8. The first kappa shape index (κ1) is 56.2. The molecule has 2 aliphatic rings. The number of hydrogen-bond acceptors (Lipinski definition) is 7. The average Bonchev–Trinajstić information content (AvgIpc) is 3.35. The summed E-state index contributed by atoms with van der Waals surface area (Å²) in [5, 5.41) is 8.47. The predicted molar refractivity (Wildman–Crippen MR) is 296 cm³/mol. The fraction of sp³-hybridized carbons (Fsp3) is 0.460. The van der Waals surface area contributed by atoms with Crippen molar-refractivity contribution in [3.63, 3.8) is 0 Å². The van der Waals surface area contributed by atoms with Crippen LogP contribution in [0.5, 0.6) is 0 Å². The molecular weight excluding hydrogens is 911 g/mol. The van der Waals surface area contributed by atoms with Crippen molar-refractivity contribution < 1.29 is 33.7 Å². The van der Waals surface area contributed by atoms with E-state index < -0.39 is 5.92 Å². The number of ketones is 1. The molecule has 0 aliphatic heterocycles. The van der Waals surface area contributed by atoms with Crippen molar-refractivity contribution >= 4 is 46.8 Å². The SMILES string of the molecule is CC(=O)NCOCCOO/C=C\CNC(=O)[C@H](CCCCNC(=O)c1ccc(/C=C(\C)c2ccc3c(c2)C(C)(C)CCC3(C)C)cc1)CC(=O)c1ccc(/C=C(\C)c2ccc3c(c2)C(C)(C)CCC3(C)C)cc1. The van der Waals surface area contributed by atoms with Crippen LogP contribution in [0.25, 0.3) is 23.3 Å². The maximum Gasteiger partial charge on any atom is 0.251 e. The largest absolute Gasteiger partial charge is 0.359 e. The molecule has 0 bridgehead atoms. The number of Topliss-reactive ketones (excluding diaryl/α,β-unsaturated/α-hetero) is 1. The van der Waals surface area contributed by atoms with Crippen molar-refractivity contribution in [3.05, 3.63) is 153 Å². The minimum atomic E-state index is -0.585. The third-order valence-electron chi connectivity index (χ3n) is 15.2. The van der Waals surface area contributed by atoms with Gasteiger partial charge in [-0.2, -0.15) is 4.89 Å². The van der Waals surface area contributed by atoms with E-state index in [1.807, 2.05) is 48.5 Å². The van der Waals surface area contributed by atoms with Crippen LogP contribution in [0, 0.1) is 5.92 Å². The molecule has 3 N–H and O–H groups in total. The number of nitrogens with one attached hydrogen (secondary N) is 3. The van der Waals surface area contributed by atoms with Crippen LogP contribution in [0.4, 0.5) is 0 Å². The first-order valence-corrected chi connectivity index (χ1v) is 26.3. The Morgan fingerprint density at radius 2 is 1.07 bits per heavy atom. The minimum Gasteiger partial charge on any atom is -0.359 e. The molecule has 10 heteroatoms. The molecule has 6 rings (SSSR count). The zero-order valence-electron chi connectivity index (χ0n) is 45.5. The number of carbonyl (C=O) groups excluding carboxylic acids is 4. The van der Waals surface area contributed by atoms with E-state index in [1.54, 1.807) is 6.08 Å². The molecule has 0 heterocycles. The van der Waals surface area contributed by atoms with Gasteiger partial charge in [-0.25, -0.2) is 0 Å². The van der Waals surface area contributed by atoms with Crippen LogP contribution in [0.2, 0.25) is 0 Å². The zero-order chi connectivity index (χ0) is 53.0. The number of carbonyl (C=O) groups is 4. The number of amides is 3. The monoisotopic (exact) mass is 992 g/mol. The highest BCUT2D eigenvalue weighted by Gasteiger charge is 2.38. The summed E-state index contributed by atoms with van der Waals surface area (Å²) in [6.07, 6.45) is 13.7. The summed E-state index contributed by atoms with van der Waals surface area (Å²) in [4.78, 5) is 61.6. The smallest absolute Gasteiger partial charge is 0.251 e. The van der Waals surface area contributed by atoms with Crippen molar-refractivity contribution in [2.45, 2.75) is 149 Å². The highest BCUT2D eigenvalue weighted by Crippen LogP contribution is 2.48. The van der Waals surface area contributed by atoms with Gasteiger partial charge in [0.05, 0.1) is 6.61 Å². The summed E-state index contributed by atoms with van der Waals surface area (Å²) in [5.74, 6) is -1.29. The number of fused-ring (bicyclic) bond motifs is 2. The van der Waals surface area contributed by atoms with E-state index in [9.17, 15) is 19.2 Å². The van der Waals surface area contributed by atoms with Crippen LogP contribution in [0.15, 0.2) is 97.3 Å². The van der Waals surface area contributed by atoms with Gasteiger partial charge in [-0.3, -0.25) is 19.2 Å². The molecule has 0 aromatic heterocycles. The molecule has 10 nitrogen and oxygen atoms in total. The lowest BCUT2D eigenvalue weighted by Crippen LogP contribution is -2.33. The number of ether oxygens (including phenoxy) is 1. The normalized spacial score (nSPS) is 17.0. The first-order valence-electron chi connectivity index (χ1n) is 26.3. The molecule has 0 saturated carbocycles. The molecule has 0 radical (unpaired) electrons. The van der Waals surface area contributed by atoms with Gasteiger partial charge in [0.25, 0.3) is 5.91 Å². The molecule has 390 valence electrons. The maximum atomic E-state index is 13.8. The summed E-state index contributed by atoms with van der Waals surface area (Å²) < 4.78 is 5.21. The summed E-state index contributed by atoms with van der Waals surface area (Å²) >= 11 is 0. The topological polar surface area (TPSA) is 132 Å². The molecule has 4 aromatic rings. The van der Waals surface area contributed by atoms with Crippen molar-refractivity contribution in [1.29, 1.82) is 0 Å². The highest BCUT2D eigenvalue weighted by molar-refractivity contribution is 5.99. The van der Waals surface area contributed by atoms with Crippen molar-refractivity contribution in [2.75, 3.05) is 33.0 Å². The van der Waals surface area contributed by atoms with Gasteiger partial charge in [-0.15, -0.1) is 0 Å². The molecule has 73 heavy (non-hydrogen) atoms. The Morgan fingerprint density at radius 3 is 1.59 bits per heavy atom. The van der Waals surface area contributed by atoms with Gasteiger partial charge in [0.2, 0.25) is 11.8 Å². The fourth-order valence-corrected chi connectivity index (χ4v) is 10.1. The highest BCUT2D eigenvalue weighted by atomic mass is 17.2. The molecule has 0 spiro atoms. The second-order valence-corrected chi connectivity index (χ2v) is 22.9. The minimum absolute atomic E-state index is 0.0401. The zero-order valence-corrected chi connectivity index (χ0v) is 45.5. The molecule has 1 atom stereocenters. The molecular formula is C63H81N3O7. The van der Waals surface area contributed by atoms with Crippen LogP contribution in [-0.4, -0.2) is 56.5 Å². The standard InChI is InChI=1S/C63H81N3O7/c1-43(50-24-26-53-55(39-50)62(8,9)30-28-60(53,4)5)37-46-16-20-48(21-17-46)57(68)41-52(59(70)65-33-14-34-72-73-36-35-71-42-66-45(3)67)15-12-13-32-64-58(69)49-22-18-47(19-23-49)38-44(2)51-25-27-54-56(40-51)63(10,11)31-29-61(54,6)7/h14,16-27,34,37-40,52H,12-13,15,28-33,35-36,41-42H2,1-11H3,(H,64,69)(H,65,70)(H,66,67)/b34-14-,43-37+,44-38+/t52-/m1/s1. The maximum absolute atomic E-state index is 13.8. The van der Waals surface area contributed by atoms with E-state index in [1.165, 1.54) is 71.4 Å². The fourth-order valence-electron chi connectivity index (χ4n) is 10.1. The van der Waals surface area contributed by atoms with Gasteiger partial charge in [0.1, 0.15) is 19.6 Å².